The van der Waals surface area contributed by atoms with E-state index in [1.807, 2.05) is 0 Å². The predicted octanol–water partition coefficient (Wildman–Crippen LogP) is 1.59. The van der Waals surface area contributed by atoms with Gasteiger partial charge in [0.05, 0.1) is 19.2 Å². The molecule has 0 saturated carbocycles. The van der Waals surface area contributed by atoms with E-state index in [-0.39, 0.29) is 0 Å². The van der Waals surface area contributed by atoms with Crippen molar-refractivity contribution in [2.75, 3.05) is 7.11 Å². The van der Waals surface area contributed by atoms with Crippen molar-refractivity contribution in [3.8, 4) is 17.1 Å². The largest absolute Gasteiger partial charge is 0.496 e. The van der Waals surface area contributed by atoms with Gasteiger partial charge in [-0.25, -0.2) is 4.98 Å². The van der Waals surface area contributed by atoms with Gasteiger partial charge in [0, 0.05) is 5.02 Å². The Morgan fingerprint density at radius 3 is 2.94 bits per heavy atom. The fourth-order valence-corrected chi connectivity index (χ4v) is 1.53. The topological polar surface area (TPSA) is 76.8 Å². The van der Waals surface area contributed by atoms with E-state index in [1.165, 1.54) is 0 Å². The average Bonchev–Trinajstić information content (AvgIpc) is 2.77. The van der Waals surface area contributed by atoms with Crippen molar-refractivity contribution < 1.29 is 4.74 Å². The van der Waals surface area contributed by atoms with Crippen LogP contribution < -0.4 is 10.5 Å². The van der Waals surface area contributed by atoms with Gasteiger partial charge in [0.25, 0.3) is 0 Å². The van der Waals surface area contributed by atoms with Crippen LogP contribution in [0.25, 0.3) is 11.4 Å². The van der Waals surface area contributed by atoms with Crippen molar-refractivity contribution in [3.05, 3.63) is 29.0 Å². The van der Waals surface area contributed by atoms with Gasteiger partial charge in [0.2, 0.25) is 0 Å². The predicted molar refractivity (Wildman–Crippen MR) is 61.3 cm³/mol. The van der Waals surface area contributed by atoms with Gasteiger partial charge in [0.1, 0.15) is 11.6 Å². The number of nitrogens with two attached hydrogens (primary N) is 1. The Balaban J connectivity index is 2.49. The Morgan fingerprint density at radius 1 is 1.50 bits per heavy atom. The van der Waals surface area contributed by atoms with E-state index in [0.717, 1.165) is 5.56 Å². The molecule has 1 aromatic carbocycles. The average molecular weight is 239 g/mol. The second-order valence-electron chi connectivity index (χ2n) is 3.15. The van der Waals surface area contributed by atoms with Crippen LogP contribution in [0.5, 0.6) is 5.75 Å². The first-order chi connectivity index (χ1) is 7.74. The van der Waals surface area contributed by atoms with Crippen LogP contribution in [0.4, 0.5) is 0 Å². The molecule has 2 rings (SSSR count). The van der Waals surface area contributed by atoms with Gasteiger partial charge in [0.15, 0.2) is 5.82 Å². The lowest BCUT2D eigenvalue weighted by atomic mass is 10.2. The normalized spacial score (nSPS) is 10.4. The minimum Gasteiger partial charge on any atom is -0.496 e. The summed E-state index contributed by atoms with van der Waals surface area (Å²) in [7, 11) is 1.59. The second-order valence-corrected chi connectivity index (χ2v) is 3.59. The Morgan fingerprint density at radius 2 is 2.31 bits per heavy atom. The number of nitrogens with one attached hydrogen (secondary N) is 1. The lowest BCUT2D eigenvalue weighted by Crippen LogP contribution is -1.98. The van der Waals surface area contributed by atoms with Crippen LogP contribution in [0, 0.1) is 0 Å². The van der Waals surface area contributed by atoms with Crippen LogP contribution >= 0.6 is 11.6 Å². The molecular weight excluding hydrogens is 228 g/mol. The van der Waals surface area contributed by atoms with E-state index >= 15 is 0 Å². The van der Waals surface area contributed by atoms with E-state index < -0.39 is 0 Å². The number of aromatic nitrogens is 3. The lowest BCUT2D eigenvalue weighted by Gasteiger charge is -2.05. The Hall–Kier alpha value is -1.59. The zero-order valence-corrected chi connectivity index (χ0v) is 9.45. The molecule has 1 aromatic heterocycles. The summed E-state index contributed by atoms with van der Waals surface area (Å²) < 4.78 is 5.21. The summed E-state index contributed by atoms with van der Waals surface area (Å²) in [5.74, 6) is 1.82. The van der Waals surface area contributed by atoms with E-state index in [1.54, 1.807) is 25.3 Å². The Kier molecular flexibility index (Phi) is 3.07. The van der Waals surface area contributed by atoms with Gasteiger partial charge < -0.3 is 10.5 Å². The molecule has 0 saturated heterocycles. The minimum absolute atomic E-state index is 0.315. The maximum Gasteiger partial charge on any atom is 0.184 e. The standard InChI is InChI=1S/C10H11ClN4O/c1-16-8-3-2-6(11)4-7(8)10-13-9(5-12)14-15-10/h2-4H,5,12H2,1H3,(H,13,14,15). The van der Waals surface area contributed by atoms with Crippen LogP contribution in [0.3, 0.4) is 0 Å². The number of nitrogens with zero attached hydrogens (tertiary/aromatic N) is 2. The van der Waals surface area contributed by atoms with Crippen LogP contribution in [-0.2, 0) is 6.54 Å². The number of hydrogen-bond acceptors (Lipinski definition) is 4. The maximum atomic E-state index is 5.92. The highest BCUT2D eigenvalue weighted by Gasteiger charge is 2.11. The number of H-pyrrole nitrogens is 1. The van der Waals surface area contributed by atoms with Crippen molar-refractivity contribution in [3.63, 3.8) is 0 Å². The summed E-state index contributed by atoms with van der Waals surface area (Å²) in [5.41, 5.74) is 6.19. The fraction of sp³-hybridized carbons (Fsp3) is 0.200. The van der Waals surface area contributed by atoms with Gasteiger partial charge in [-0.2, -0.15) is 5.10 Å². The number of halogens is 1. The highest BCUT2D eigenvalue weighted by molar-refractivity contribution is 6.30. The van der Waals surface area contributed by atoms with Crippen LogP contribution in [-0.4, -0.2) is 22.3 Å². The summed E-state index contributed by atoms with van der Waals surface area (Å²) in [6.07, 6.45) is 0. The van der Waals surface area contributed by atoms with Gasteiger partial charge in [-0.15, -0.1) is 0 Å². The first-order valence-corrected chi connectivity index (χ1v) is 5.07. The third kappa shape index (κ3) is 2.00. The van der Waals surface area contributed by atoms with Crippen LogP contribution in [0.1, 0.15) is 5.82 Å². The molecule has 0 aliphatic heterocycles. The summed E-state index contributed by atoms with van der Waals surface area (Å²) in [6.45, 7) is 0.315. The zero-order valence-electron chi connectivity index (χ0n) is 8.70. The second kappa shape index (κ2) is 4.51. The molecule has 1 heterocycles. The number of ether oxygens (including phenoxy) is 1. The molecule has 6 heteroatoms. The lowest BCUT2D eigenvalue weighted by molar-refractivity contribution is 0.416. The molecule has 0 aliphatic carbocycles. The zero-order chi connectivity index (χ0) is 11.5. The SMILES string of the molecule is COc1ccc(Cl)cc1-c1n[nH]c(CN)n1. The molecule has 5 nitrogen and oxygen atoms in total. The summed E-state index contributed by atoms with van der Waals surface area (Å²) in [4.78, 5) is 4.22. The van der Waals surface area contributed by atoms with Crippen molar-refractivity contribution >= 4 is 11.6 Å². The van der Waals surface area contributed by atoms with Crippen LogP contribution in [0.15, 0.2) is 18.2 Å². The fourth-order valence-electron chi connectivity index (χ4n) is 1.36. The van der Waals surface area contributed by atoms with Gasteiger partial charge in [-0.05, 0) is 18.2 Å². The third-order valence-electron chi connectivity index (χ3n) is 2.13. The van der Waals surface area contributed by atoms with Gasteiger partial charge in [-0.3, -0.25) is 5.10 Å². The van der Waals surface area contributed by atoms with E-state index in [9.17, 15) is 0 Å². The molecule has 0 unspecified atom stereocenters. The molecule has 0 radical (unpaired) electrons. The molecule has 0 amide bonds. The van der Waals surface area contributed by atoms with E-state index in [0.29, 0.717) is 29.0 Å². The molecule has 0 atom stereocenters. The number of aromatic amines is 1. The summed E-state index contributed by atoms with van der Waals surface area (Å²) in [6, 6.07) is 5.28. The van der Waals surface area contributed by atoms with Gasteiger partial charge >= 0.3 is 0 Å². The molecule has 0 fully saturated rings. The molecule has 84 valence electrons. The molecule has 16 heavy (non-hydrogen) atoms. The minimum atomic E-state index is 0.315. The third-order valence-corrected chi connectivity index (χ3v) is 2.36. The number of hydrogen-bond donors (Lipinski definition) is 2. The molecule has 0 spiro atoms. The van der Waals surface area contributed by atoms with Crippen molar-refractivity contribution in [2.24, 2.45) is 5.73 Å². The van der Waals surface area contributed by atoms with E-state index in [2.05, 4.69) is 15.2 Å². The van der Waals surface area contributed by atoms with Crippen molar-refractivity contribution in [2.45, 2.75) is 6.54 Å². The Labute approximate surface area is 97.6 Å². The molecule has 3 N–H and O–H groups in total. The van der Waals surface area contributed by atoms with E-state index in [4.69, 9.17) is 22.1 Å². The molecule has 2 aromatic rings. The number of rotatable bonds is 3. The Bertz CT molecular complexity index is 497. The summed E-state index contributed by atoms with van der Waals surface area (Å²) >= 11 is 5.92. The summed E-state index contributed by atoms with van der Waals surface area (Å²) in [5, 5.41) is 7.40. The van der Waals surface area contributed by atoms with Crippen molar-refractivity contribution in [1.29, 1.82) is 0 Å². The number of benzene rings is 1. The highest BCUT2D eigenvalue weighted by atomic mass is 35.5. The maximum absolute atomic E-state index is 5.92. The quantitative estimate of drug-likeness (QED) is 0.852. The van der Waals surface area contributed by atoms with Crippen LogP contribution in [0.2, 0.25) is 5.02 Å². The number of methoxy groups -OCH3 is 1. The first kappa shape index (κ1) is 10.9. The van der Waals surface area contributed by atoms with Crippen molar-refractivity contribution in [1.82, 2.24) is 15.2 Å². The smallest absolute Gasteiger partial charge is 0.184 e. The van der Waals surface area contributed by atoms with Gasteiger partial charge in [-0.1, -0.05) is 11.6 Å². The monoisotopic (exact) mass is 238 g/mol. The molecule has 0 aliphatic rings. The molecular formula is C10H11ClN4O. The first-order valence-electron chi connectivity index (χ1n) is 4.70. The molecule has 0 bridgehead atoms. The highest BCUT2D eigenvalue weighted by Crippen LogP contribution is 2.29.